The number of carbonyl (C=O) groups excluding carboxylic acids is 2. The summed E-state index contributed by atoms with van der Waals surface area (Å²) in [5.74, 6) is -0.520. The van der Waals surface area contributed by atoms with E-state index in [1.54, 1.807) is 29.2 Å². The van der Waals surface area contributed by atoms with Gasteiger partial charge in [-0.1, -0.05) is 72.3 Å². The molecule has 0 saturated carbocycles. The molecule has 1 atom stereocenters. The highest BCUT2D eigenvalue weighted by Crippen LogP contribution is 2.26. The lowest BCUT2D eigenvalue weighted by Crippen LogP contribution is -2.41. The fourth-order valence-corrected chi connectivity index (χ4v) is 3.81. The van der Waals surface area contributed by atoms with Crippen molar-refractivity contribution in [1.29, 1.82) is 0 Å². The van der Waals surface area contributed by atoms with Crippen LogP contribution in [0.15, 0.2) is 78.9 Å². The first-order valence-corrected chi connectivity index (χ1v) is 9.86. The van der Waals surface area contributed by atoms with Crippen molar-refractivity contribution in [2.75, 3.05) is 6.61 Å². The molecule has 4 rings (SSSR count). The Morgan fingerprint density at radius 2 is 1.66 bits per heavy atom. The molecule has 146 valence electrons. The van der Waals surface area contributed by atoms with Crippen molar-refractivity contribution in [2.24, 2.45) is 0 Å². The van der Waals surface area contributed by atoms with Crippen LogP contribution in [-0.2, 0) is 17.7 Å². The van der Waals surface area contributed by atoms with Crippen molar-refractivity contribution in [3.8, 4) is 0 Å². The maximum atomic E-state index is 13.0. The SMILES string of the molecule is O=C(OCC(Cc1ccccc1)N1Cc2ccccc2C1=O)c1ccccc1Cl. The number of esters is 1. The van der Waals surface area contributed by atoms with Gasteiger partial charge in [-0.2, -0.15) is 0 Å². The standard InChI is InChI=1S/C24H20ClNO3/c25-22-13-7-6-12-21(22)24(28)29-16-19(14-17-8-2-1-3-9-17)26-15-18-10-4-5-11-20(18)23(26)27/h1-13,19H,14-16H2. The highest BCUT2D eigenvalue weighted by Gasteiger charge is 2.33. The number of ether oxygens (including phenoxy) is 1. The van der Waals surface area contributed by atoms with E-state index in [-0.39, 0.29) is 18.6 Å². The Bertz CT molecular complexity index is 1040. The first-order valence-electron chi connectivity index (χ1n) is 9.48. The Labute approximate surface area is 174 Å². The molecular formula is C24H20ClNO3. The van der Waals surface area contributed by atoms with E-state index in [1.165, 1.54) is 0 Å². The molecule has 0 N–H and O–H groups in total. The summed E-state index contributed by atoms with van der Waals surface area (Å²) in [5.41, 5.74) is 3.11. The van der Waals surface area contributed by atoms with E-state index in [9.17, 15) is 9.59 Å². The molecule has 1 heterocycles. The number of halogens is 1. The fourth-order valence-electron chi connectivity index (χ4n) is 3.59. The second-order valence-electron chi connectivity index (χ2n) is 7.01. The van der Waals surface area contributed by atoms with Crippen molar-refractivity contribution < 1.29 is 14.3 Å². The Morgan fingerprint density at radius 3 is 2.41 bits per heavy atom. The number of benzene rings is 3. The second kappa shape index (κ2) is 8.50. The van der Waals surface area contributed by atoms with Gasteiger partial charge in [0.05, 0.1) is 16.6 Å². The van der Waals surface area contributed by atoms with Crippen LogP contribution in [0.5, 0.6) is 0 Å². The van der Waals surface area contributed by atoms with Gasteiger partial charge in [-0.3, -0.25) is 4.79 Å². The van der Waals surface area contributed by atoms with Crippen LogP contribution in [0.25, 0.3) is 0 Å². The van der Waals surface area contributed by atoms with Crippen LogP contribution in [0.3, 0.4) is 0 Å². The van der Waals surface area contributed by atoms with E-state index in [0.29, 0.717) is 29.1 Å². The molecule has 1 aliphatic heterocycles. The van der Waals surface area contributed by atoms with Gasteiger partial charge < -0.3 is 9.64 Å². The lowest BCUT2D eigenvalue weighted by atomic mass is 10.1. The maximum absolute atomic E-state index is 13.0. The monoisotopic (exact) mass is 405 g/mol. The minimum atomic E-state index is -0.488. The van der Waals surface area contributed by atoms with Gasteiger partial charge in [0.25, 0.3) is 5.91 Å². The zero-order valence-corrected chi connectivity index (χ0v) is 16.5. The first kappa shape index (κ1) is 19.2. The zero-order valence-electron chi connectivity index (χ0n) is 15.8. The minimum absolute atomic E-state index is 0.0321. The summed E-state index contributed by atoms with van der Waals surface area (Å²) in [4.78, 5) is 27.3. The summed E-state index contributed by atoms with van der Waals surface area (Å²) in [6.07, 6.45) is 0.594. The Kier molecular flexibility index (Phi) is 5.63. The third-order valence-electron chi connectivity index (χ3n) is 5.10. The number of hydrogen-bond acceptors (Lipinski definition) is 3. The average molecular weight is 406 g/mol. The second-order valence-corrected chi connectivity index (χ2v) is 7.42. The van der Waals surface area contributed by atoms with E-state index in [4.69, 9.17) is 16.3 Å². The summed E-state index contributed by atoms with van der Waals surface area (Å²) in [6, 6.07) is 24.0. The average Bonchev–Trinajstić information content (AvgIpc) is 3.09. The van der Waals surface area contributed by atoms with Gasteiger partial charge in [0.1, 0.15) is 6.61 Å². The van der Waals surface area contributed by atoms with Crippen LogP contribution in [0.2, 0.25) is 5.02 Å². The van der Waals surface area contributed by atoms with Crippen LogP contribution < -0.4 is 0 Å². The molecule has 0 bridgehead atoms. The van der Waals surface area contributed by atoms with Crippen molar-refractivity contribution in [1.82, 2.24) is 4.90 Å². The van der Waals surface area contributed by atoms with E-state index in [0.717, 1.165) is 11.1 Å². The number of fused-ring (bicyclic) bond motifs is 1. The largest absolute Gasteiger partial charge is 0.460 e. The molecule has 3 aromatic carbocycles. The zero-order chi connectivity index (χ0) is 20.2. The van der Waals surface area contributed by atoms with Crippen molar-refractivity contribution >= 4 is 23.5 Å². The molecule has 0 radical (unpaired) electrons. The normalized spacial score (nSPS) is 13.8. The predicted molar refractivity (Wildman–Crippen MR) is 112 cm³/mol. The van der Waals surface area contributed by atoms with E-state index in [2.05, 4.69) is 0 Å². The van der Waals surface area contributed by atoms with Gasteiger partial charge in [0.2, 0.25) is 0 Å². The van der Waals surface area contributed by atoms with Crippen molar-refractivity contribution in [2.45, 2.75) is 19.0 Å². The molecule has 1 aliphatic rings. The summed E-state index contributed by atoms with van der Waals surface area (Å²) in [5, 5.41) is 0.349. The molecule has 1 unspecified atom stereocenters. The Hall–Kier alpha value is -3.11. The van der Waals surface area contributed by atoms with E-state index in [1.807, 2.05) is 54.6 Å². The number of carbonyl (C=O) groups is 2. The van der Waals surface area contributed by atoms with Gasteiger partial charge in [0.15, 0.2) is 0 Å². The minimum Gasteiger partial charge on any atom is -0.460 e. The van der Waals surface area contributed by atoms with Crippen LogP contribution in [0, 0.1) is 0 Å². The summed E-state index contributed by atoms with van der Waals surface area (Å²) in [7, 11) is 0. The molecule has 1 amide bonds. The molecule has 4 nitrogen and oxygen atoms in total. The number of nitrogens with zero attached hydrogens (tertiary/aromatic N) is 1. The maximum Gasteiger partial charge on any atom is 0.339 e. The number of amides is 1. The topological polar surface area (TPSA) is 46.6 Å². The molecule has 5 heteroatoms. The van der Waals surface area contributed by atoms with Crippen LogP contribution in [-0.4, -0.2) is 29.4 Å². The van der Waals surface area contributed by atoms with Gasteiger partial charge in [-0.25, -0.2) is 4.79 Å². The molecule has 0 aromatic heterocycles. The van der Waals surface area contributed by atoms with Gasteiger partial charge in [-0.15, -0.1) is 0 Å². The highest BCUT2D eigenvalue weighted by atomic mass is 35.5. The molecule has 0 aliphatic carbocycles. The summed E-state index contributed by atoms with van der Waals surface area (Å²) in [6.45, 7) is 0.606. The summed E-state index contributed by atoms with van der Waals surface area (Å²) < 4.78 is 5.59. The van der Waals surface area contributed by atoms with Gasteiger partial charge in [0, 0.05) is 12.1 Å². The lowest BCUT2D eigenvalue weighted by Gasteiger charge is -2.27. The van der Waals surface area contributed by atoms with Gasteiger partial charge in [-0.05, 0) is 35.7 Å². The van der Waals surface area contributed by atoms with Crippen molar-refractivity contribution in [3.63, 3.8) is 0 Å². The molecule has 3 aromatic rings. The molecule has 0 saturated heterocycles. The van der Waals surface area contributed by atoms with Crippen LogP contribution >= 0.6 is 11.6 Å². The first-order chi connectivity index (χ1) is 14.1. The van der Waals surface area contributed by atoms with E-state index >= 15 is 0 Å². The Balaban J connectivity index is 1.54. The van der Waals surface area contributed by atoms with Gasteiger partial charge >= 0.3 is 5.97 Å². The predicted octanol–water partition coefficient (Wildman–Crippen LogP) is 4.76. The third-order valence-corrected chi connectivity index (χ3v) is 5.43. The van der Waals surface area contributed by atoms with Crippen LogP contribution in [0.1, 0.15) is 31.8 Å². The quantitative estimate of drug-likeness (QED) is 0.555. The van der Waals surface area contributed by atoms with E-state index < -0.39 is 5.97 Å². The summed E-state index contributed by atoms with van der Waals surface area (Å²) >= 11 is 6.11. The molecule has 29 heavy (non-hydrogen) atoms. The number of rotatable bonds is 6. The fraction of sp³-hybridized carbons (Fsp3) is 0.167. The molecule has 0 fully saturated rings. The van der Waals surface area contributed by atoms with Crippen molar-refractivity contribution in [3.05, 3.63) is 106 Å². The molecule has 0 spiro atoms. The Morgan fingerprint density at radius 1 is 0.966 bits per heavy atom. The molecular weight excluding hydrogens is 386 g/mol. The van der Waals surface area contributed by atoms with Crippen LogP contribution in [0.4, 0.5) is 0 Å². The lowest BCUT2D eigenvalue weighted by molar-refractivity contribution is 0.0322. The third kappa shape index (κ3) is 4.17. The highest BCUT2D eigenvalue weighted by molar-refractivity contribution is 6.33. The smallest absolute Gasteiger partial charge is 0.339 e. The number of hydrogen-bond donors (Lipinski definition) is 0.